The van der Waals surface area contributed by atoms with Crippen molar-refractivity contribution in [2.75, 3.05) is 45.8 Å². The number of hydrogen-bond acceptors (Lipinski definition) is 5. The van der Waals surface area contributed by atoms with E-state index in [1.54, 1.807) is 6.26 Å². The van der Waals surface area contributed by atoms with E-state index in [9.17, 15) is 9.90 Å². The zero-order valence-corrected chi connectivity index (χ0v) is 14.6. The Morgan fingerprint density at radius 2 is 2.08 bits per heavy atom. The number of nitrogens with zero attached hydrogens (tertiary/aromatic N) is 3. The number of aliphatic hydroxyl groups excluding tert-OH is 1. The second kappa shape index (κ2) is 8.14. The van der Waals surface area contributed by atoms with Crippen LogP contribution >= 0.6 is 0 Å². The van der Waals surface area contributed by atoms with Gasteiger partial charge in [0, 0.05) is 32.7 Å². The lowest BCUT2D eigenvalue weighted by Crippen LogP contribution is -2.52. The summed E-state index contributed by atoms with van der Waals surface area (Å²) in [5.41, 5.74) is 0. The van der Waals surface area contributed by atoms with E-state index in [0.717, 1.165) is 64.4 Å². The summed E-state index contributed by atoms with van der Waals surface area (Å²) in [4.78, 5) is 19.1. The van der Waals surface area contributed by atoms with Crippen LogP contribution in [0.25, 0.3) is 0 Å². The first kappa shape index (κ1) is 17.5. The predicted octanol–water partition coefficient (Wildman–Crippen LogP) is 1.02. The number of carbonyl (C=O) groups excluding carboxylic acids is 1. The van der Waals surface area contributed by atoms with E-state index in [1.807, 2.05) is 24.0 Å². The van der Waals surface area contributed by atoms with Crippen molar-refractivity contribution in [1.29, 1.82) is 0 Å². The molecule has 2 fully saturated rings. The summed E-state index contributed by atoms with van der Waals surface area (Å²) >= 11 is 0. The van der Waals surface area contributed by atoms with Crippen molar-refractivity contribution in [1.82, 2.24) is 14.7 Å². The molecule has 0 aromatic carbocycles. The molecule has 1 aromatic heterocycles. The first-order valence-corrected chi connectivity index (χ1v) is 9.05. The molecule has 2 aliphatic heterocycles. The number of aliphatic hydroxyl groups is 1. The third-order valence-corrected chi connectivity index (χ3v) is 5.27. The molecule has 0 spiro atoms. The zero-order chi connectivity index (χ0) is 16.9. The molecule has 3 heterocycles. The molecule has 1 N–H and O–H groups in total. The Hall–Kier alpha value is -1.37. The molecule has 2 unspecified atom stereocenters. The van der Waals surface area contributed by atoms with E-state index in [-0.39, 0.29) is 12.0 Å². The number of rotatable bonds is 5. The lowest BCUT2D eigenvalue weighted by atomic mass is 9.93. The van der Waals surface area contributed by atoms with Crippen LogP contribution in [0.2, 0.25) is 0 Å². The van der Waals surface area contributed by atoms with Crippen LogP contribution in [0.5, 0.6) is 0 Å². The molecule has 0 bridgehead atoms. The van der Waals surface area contributed by atoms with Gasteiger partial charge in [-0.15, -0.1) is 0 Å². The molecule has 6 heteroatoms. The maximum absolute atomic E-state index is 12.6. The zero-order valence-electron chi connectivity index (χ0n) is 14.6. The van der Waals surface area contributed by atoms with E-state index in [4.69, 9.17) is 4.42 Å². The molecule has 24 heavy (non-hydrogen) atoms. The van der Waals surface area contributed by atoms with Gasteiger partial charge < -0.3 is 14.4 Å². The normalized spacial score (nSPS) is 24.9. The number of amides is 1. The highest BCUT2D eigenvalue weighted by atomic mass is 16.3. The molecular formula is C18H29N3O3. The van der Waals surface area contributed by atoms with Gasteiger partial charge in [-0.2, -0.15) is 0 Å². The van der Waals surface area contributed by atoms with Gasteiger partial charge in [-0.25, -0.2) is 0 Å². The molecule has 6 nitrogen and oxygen atoms in total. The number of piperidine rings is 1. The molecule has 134 valence electrons. The van der Waals surface area contributed by atoms with Gasteiger partial charge in [-0.3, -0.25) is 14.6 Å². The van der Waals surface area contributed by atoms with Gasteiger partial charge in [0.2, 0.25) is 5.91 Å². The summed E-state index contributed by atoms with van der Waals surface area (Å²) in [7, 11) is 0. The minimum atomic E-state index is -0.284. The summed E-state index contributed by atoms with van der Waals surface area (Å²) in [5.74, 6) is 1.50. The Morgan fingerprint density at radius 1 is 1.29 bits per heavy atom. The summed E-state index contributed by atoms with van der Waals surface area (Å²) in [6, 6.07) is 3.90. The second-order valence-electron chi connectivity index (χ2n) is 7.11. The molecule has 2 saturated heterocycles. The topological polar surface area (TPSA) is 60.2 Å². The summed E-state index contributed by atoms with van der Waals surface area (Å²) in [6.07, 6.45) is 3.55. The van der Waals surface area contributed by atoms with E-state index < -0.39 is 0 Å². The van der Waals surface area contributed by atoms with Crippen LogP contribution in [0, 0.1) is 5.92 Å². The average Bonchev–Trinajstić information content (AvgIpc) is 3.08. The summed E-state index contributed by atoms with van der Waals surface area (Å²) in [6.45, 7) is 8.31. The van der Waals surface area contributed by atoms with Crippen LogP contribution in [0.3, 0.4) is 0 Å². The van der Waals surface area contributed by atoms with Crippen molar-refractivity contribution in [2.45, 2.75) is 32.4 Å². The minimum absolute atomic E-state index is 0.221. The number of carbonyl (C=O) groups is 1. The molecule has 0 saturated carbocycles. The van der Waals surface area contributed by atoms with Gasteiger partial charge in [0.15, 0.2) is 0 Å². The van der Waals surface area contributed by atoms with Crippen LogP contribution < -0.4 is 0 Å². The summed E-state index contributed by atoms with van der Waals surface area (Å²) in [5, 5.41) is 9.78. The SMILES string of the molecule is CC(O)C1CCCN(CC(=O)N2CCN(Cc3ccco3)CC2)C1. The highest BCUT2D eigenvalue weighted by molar-refractivity contribution is 5.78. The highest BCUT2D eigenvalue weighted by Gasteiger charge is 2.27. The molecule has 0 aliphatic carbocycles. The smallest absolute Gasteiger partial charge is 0.236 e. The first-order chi connectivity index (χ1) is 11.6. The lowest BCUT2D eigenvalue weighted by molar-refractivity contribution is -0.135. The fourth-order valence-electron chi connectivity index (χ4n) is 3.70. The lowest BCUT2D eigenvalue weighted by Gasteiger charge is -2.37. The van der Waals surface area contributed by atoms with Gasteiger partial charge in [-0.1, -0.05) is 0 Å². The molecule has 3 rings (SSSR count). The van der Waals surface area contributed by atoms with E-state index >= 15 is 0 Å². The van der Waals surface area contributed by atoms with Crippen molar-refractivity contribution >= 4 is 5.91 Å². The maximum Gasteiger partial charge on any atom is 0.236 e. The average molecular weight is 335 g/mol. The van der Waals surface area contributed by atoms with E-state index in [0.29, 0.717) is 12.5 Å². The van der Waals surface area contributed by atoms with Crippen molar-refractivity contribution in [3.8, 4) is 0 Å². The number of likely N-dealkylation sites (tertiary alicyclic amines) is 1. The van der Waals surface area contributed by atoms with Gasteiger partial charge in [0.05, 0.1) is 25.5 Å². The summed E-state index contributed by atoms with van der Waals surface area (Å²) < 4.78 is 5.39. The van der Waals surface area contributed by atoms with E-state index in [1.165, 1.54) is 0 Å². The van der Waals surface area contributed by atoms with Crippen molar-refractivity contribution in [3.63, 3.8) is 0 Å². The molecule has 2 aliphatic rings. The molecular weight excluding hydrogens is 306 g/mol. The van der Waals surface area contributed by atoms with Gasteiger partial charge in [0.1, 0.15) is 5.76 Å². The monoisotopic (exact) mass is 335 g/mol. The molecule has 0 radical (unpaired) electrons. The van der Waals surface area contributed by atoms with Crippen LogP contribution in [0.4, 0.5) is 0 Å². The Labute approximate surface area is 144 Å². The van der Waals surface area contributed by atoms with Crippen LogP contribution in [-0.2, 0) is 11.3 Å². The third-order valence-electron chi connectivity index (χ3n) is 5.27. The maximum atomic E-state index is 12.6. The Bertz CT molecular complexity index is 510. The van der Waals surface area contributed by atoms with Gasteiger partial charge in [-0.05, 0) is 44.4 Å². The van der Waals surface area contributed by atoms with Gasteiger partial charge >= 0.3 is 0 Å². The predicted molar refractivity (Wildman–Crippen MR) is 91.4 cm³/mol. The fraction of sp³-hybridized carbons (Fsp3) is 0.722. The molecule has 1 amide bonds. The Kier molecular flexibility index (Phi) is 5.92. The van der Waals surface area contributed by atoms with E-state index in [2.05, 4.69) is 9.80 Å². The molecule has 2 atom stereocenters. The highest BCUT2D eigenvalue weighted by Crippen LogP contribution is 2.19. The second-order valence-corrected chi connectivity index (χ2v) is 7.11. The largest absolute Gasteiger partial charge is 0.468 e. The number of furan rings is 1. The van der Waals surface area contributed by atoms with Crippen molar-refractivity contribution < 1.29 is 14.3 Å². The van der Waals surface area contributed by atoms with Crippen LogP contribution in [0.1, 0.15) is 25.5 Å². The fourth-order valence-corrected chi connectivity index (χ4v) is 3.70. The Balaban J connectivity index is 1.42. The first-order valence-electron chi connectivity index (χ1n) is 9.05. The van der Waals surface area contributed by atoms with Crippen molar-refractivity contribution in [3.05, 3.63) is 24.2 Å². The number of piperazine rings is 1. The molecule has 1 aromatic rings. The minimum Gasteiger partial charge on any atom is -0.468 e. The quantitative estimate of drug-likeness (QED) is 0.870. The van der Waals surface area contributed by atoms with Crippen molar-refractivity contribution in [2.24, 2.45) is 5.92 Å². The number of hydrogen-bond donors (Lipinski definition) is 1. The Morgan fingerprint density at radius 3 is 2.75 bits per heavy atom. The van der Waals surface area contributed by atoms with Gasteiger partial charge in [0.25, 0.3) is 0 Å². The standard InChI is InChI=1S/C18H29N3O3/c1-15(22)16-4-2-6-20(12-16)14-18(23)21-9-7-19(8-10-21)13-17-5-3-11-24-17/h3,5,11,15-16,22H,2,4,6-10,12-14H2,1H3. The van der Waals surface area contributed by atoms with Crippen LogP contribution in [-0.4, -0.2) is 77.6 Å². The van der Waals surface area contributed by atoms with Crippen LogP contribution in [0.15, 0.2) is 22.8 Å². The third kappa shape index (κ3) is 4.59.